The van der Waals surface area contributed by atoms with Crippen LogP contribution < -0.4 is 0 Å². The standard InChI is InChI=1S/C12H10O.C9H7N.C3H3NO/c13-12-9-5-4-8-11(12)10-6-2-1-3-7-10;1-2-6-9-8(4-1)5-3-7-10-9;1-2-4-5-3-1/h1-9,13H;1-7H;1-3H. The van der Waals surface area contributed by atoms with E-state index in [4.69, 9.17) is 0 Å². The first kappa shape index (κ1) is 18.9. The summed E-state index contributed by atoms with van der Waals surface area (Å²) in [4.78, 5) is 4.18. The summed E-state index contributed by atoms with van der Waals surface area (Å²) in [6.07, 6.45) is 4.91. The first-order chi connectivity index (χ1) is 13.8. The maximum Gasteiger partial charge on any atom is 0.123 e. The van der Waals surface area contributed by atoms with E-state index in [9.17, 15) is 5.11 Å². The van der Waals surface area contributed by atoms with Crippen LogP contribution in [0.3, 0.4) is 0 Å². The molecule has 0 fully saturated rings. The number of hydrogen-bond donors (Lipinski definition) is 1. The molecule has 1 N–H and O–H groups in total. The van der Waals surface area contributed by atoms with Gasteiger partial charge in [-0.15, -0.1) is 0 Å². The molecule has 0 saturated carbocycles. The van der Waals surface area contributed by atoms with E-state index >= 15 is 0 Å². The van der Waals surface area contributed by atoms with Crippen LogP contribution in [0, 0.1) is 0 Å². The molecule has 0 aliphatic carbocycles. The lowest BCUT2D eigenvalue weighted by Crippen LogP contribution is -1.76. The predicted octanol–water partition coefficient (Wildman–Crippen LogP) is 5.97. The summed E-state index contributed by atoms with van der Waals surface area (Å²) in [5.41, 5.74) is 2.98. The number of phenols is 1. The van der Waals surface area contributed by atoms with Gasteiger partial charge in [0, 0.05) is 17.1 Å². The van der Waals surface area contributed by atoms with Gasteiger partial charge < -0.3 is 9.63 Å². The fourth-order valence-corrected chi connectivity index (χ4v) is 2.53. The van der Waals surface area contributed by atoms with Crippen molar-refractivity contribution in [3.8, 4) is 16.9 Å². The van der Waals surface area contributed by atoms with Crippen LogP contribution in [-0.2, 0) is 0 Å². The fourth-order valence-electron chi connectivity index (χ4n) is 2.53. The summed E-state index contributed by atoms with van der Waals surface area (Å²) >= 11 is 0. The average Bonchev–Trinajstić information content (AvgIpc) is 3.36. The molecule has 5 aromatic rings. The normalized spacial score (nSPS) is 9.57. The van der Waals surface area contributed by atoms with E-state index in [1.165, 1.54) is 11.6 Å². The molecule has 4 heteroatoms. The Morgan fingerprint density at radius 1 is 0.643 bits per heavy atom. The van der Waals surface area contributed by atoms with Crippen molar-refractivity contribution in [1.29, 1.82) is 0 Å². The van der Waals surface area contributed by atoms with Crippen LogP contribution in [-0.4, -0.2) is 15.2 Å². The molecule has 0 amide bonds. The number of aromatic nitrogens is 2. The smallest absolute Gasteiger partial charge is 0.123 e. The van der Waals surface area contributed by atoms with Crippen LogP contribution in [0.15, 0.2) is 120 Å². The van der Waals surface area contributed by atoms with Gasteiger partial charge in [-0.25, -0.2) is 0 Å². The second-order valence-electron chi connectivity index (χ2n) is 5.77. The lowest BCUT2D eigenvalue weighted by Gasteiger charge is -2.02. The number of nitrogens with zero attached hydrogens (tertiary/aromatic N) is 2. The summed E-state index contributed by atoms with van der Waals surface area (Å²) in [6, 6.07) is 31.0. The third-order valence-electron chi connectivity index (χ3n) is 3.85. The zero-order chi connectivity index (χ0) is 19.4. The van der Waals surface area contributed by atoms with Crippen molar-refractivity contribution < 1.29 is 9.63 Å². The molecule has 0 aliphatic heterocycles. The molecular formula is C24H20N2O2. The van der Waals surface area contributed by atoms with Gasteiger partial charge in [0.2, 0.25) is 0 Å². The lowest BCUT2D eigenvalue weighted by atomic mass is 10.1. The summed E-state index contributed by atoms with van der Waals surface area (Å²) in [5.74, 6) is 0.328. The van der Waals surface area contributed by atoms with E-state index in [0.717, 1.165) is 16.6 Å². The Kier molecular flexibility index (Phi) is 6.93. The zero-order valence-electron chi connectivity index (χ0n) is 15.2. The molecule has 0 bridgehead atoms. The highest BCUT2D eigenvalue weighted by molar-refractivity contribution is 5.77. The monoisotopic (exact) mass is 368 g/mol. The van der Waals surface area contributed by atoms with Gasteiger partial charge in [0.1, 0.15) is 12.0 Å². The molecule has 4 nitrogen and oxygen atoms in total. The quantitative estimate of drug-likeness (QED) is 0.396. The van der Waals surface area contributed by atoms with E-state index in [1.807, 2.05) is 79.0 Å². The highest BCUT2D eigenvalue weighted by Gasteiger charge is 2.00. The minimum atomic E-state index is 0.328. The van der Waals surface area contributed by atoms with Gasteiger partial charge in [-0.05, 0) is 29.8 Å². The highest BCUT2D eigenvalue weighted by Crippen LogP contribution is 2.27. The second-order valence-corrected chi connectivity index (χ2v) is 5.77. The fraction of sp³-hybridized carbons (Fsp3) is 0. The largest absolute Gasteiger partial charge is 0.507 e. The molecule has 5 rings (SSSR count). The molecule has 0 saturated heterocycles. The van der Waals surface area contributed by atoms with E-state index in [1.54, 1.807) is 18.3 Å². The number of hydrogen-bond acceptors (Lipinski definition) is 4. The minimum absolute atomic E-state index is 0.328. The Hall–Kier alpha value is -3.92. The van der Waals surface area contributed by atoms with Crippen molar-refractivity contribution in [1.82, 2.24) is 10.1 Å². The first-order valence-electron chi connectivity index (χ1n) is 8.82. The highest BCUT2D eigenvalue weighted by atomic mass is 16.5. The number of pyridine rings is 1. The Morgan fingerprint density at radius 3 is 2.04 bits per heavy atom. The van der Waals surface area contributed by atoms with Crippen LogP contribution in [0.5, 0.6) is 5.75 Å². The number of para-hydroxylation sites is 2. The number of aromatic hydroxyl groups is 1. The molecule has 0 atom stereocenters. The Labute approximate surface area is 163 Å². The molecular weight excluding hydrogens is 348 g/mol. The Balaban J connectivity index is 0.000000132. The molecule has 138 valence electrons. The van der Waals surface area contributed by atoms with Gasteiger partial charge in [-0.1, -0.05) is 78.0 Å². The molecule has 3 aromatic carbocycles. The molecule has 2 aromatic heterocycles. The zero-order valence-corrected chi connectivity index (χ0v) is 15.2. The van der Waals surface area contributed by atoms with E-state index < -0.39 is 0 Å². The topological polar surface area (TPSA) is 59.2 Å². The number of fused-ring (bicyclic) bond motifs is 1. The van der Waals surface area contributed by atoms with Crippen molar-refractivity contribution in [2.75, 3.05) is 0 Å². The van der Waals surface area contributed by atoms with Gasteiger partial charge in [-0.3, -0.25) is 4.98 Å². The molecule has 0 unspecified atom stereocenters. The van der Waals surface area contributed by atoms with E-state index in [-0.39, 0.29) is 0 Å². The minimum Gasteiger partial charge on any atom is -0.507 e. The summed E-state index contributed by atoms with van der Waals surface area (Å²) < 4.78 is 4.33. The van der Waals surface area contributed by atoms with Crippen LogP contribution in [0.25, 0.3) is 22.0 Å². The number of rotatable bonds is 1. The Bertz CT molecular complexity index is 995. The van der Waals surface area contributed by atoms with Crippen molar-refractivity contribution >= 4 is 10.9 Å². The number of benzene rings is 3. The molecule has 0 spiro atoms. The Morgan fingerprint density at radius 2 is 1.36 bits per heavy atom. The van der Waals surface area contributed by atoms with Gasteiger partial charge in [0.25, 0.3) is 0 Å². The van der Waals surface area contributed by atoms with Crippen LogP contribution >= 0.6 is 0 Å². The molecule has 0 radical (unpaired) electrons. The van der Waals surface area contributed by atoms with Crippen LogP contribution in [0.1, 0.15) is 0 Å². The maximum atomic E-state index is 9.56. The van der Waals surface area contributed by atoms with E-state index in [2.05, 4.69) is 26.8 Å². The maximum absolute atomic E-state index is 9.56. The van der Waals surface area contributed by atoms with Crippen molar-refractivity contribution in [3.05, 3.63) is 116 Å². The van der Waals surface area contributed by atoms with Crippen LogP contribution in [0.2, 0.25) is 0 Å². The lowest BCUT2D eigenvalue weighted by molar-refractivity contribution is 0.420. The average molecular weight is 368 g/mol. The van der Waals surface area contributed by atoms with Crippen molar-refractivity contribution in [2.24, 2.45) is 0 Å². The third kappa shape index (κ3) is 5.54. The summed E-state index contributed by atoms with van der Waals surface area (Å²) in [7, 11) is 0. The summed E-state index contributed by atoms with van der Waals surface area (Å²) in [6.45, 7) is 0. The third-order valence-corrected chi connectivity index (χ3v) is 3.85. The SMILES string of the molecule is Oc1ccccc1-c1ccccc1.c1ccc2ncccc2c1.c1cnoc1. The second kappa shape index (κ2) is 10.3. The first-order valence-corrected chi connectivity index (χ1v) is 8.82. The van der Waals surface area contributed by atoms with E-state index in [0.29, 0.717) is 5.75 Å². The van der Waals surface area contributed by atoms with Gasteiger partial charge in [-0.2, -0.15) is 0 Å². The molecule has 2 heterocycles. The number of phenolic OH excluding ortho intramolecular Hbond substituents is 1. The predicted molar refractivity (Wildman–Crippen MR) is 112 cm³/mol. The van der Waals surface area contributed by atoms with Crippen molar-refractivity contribution in [3.63, 3.8) is 0 Å². The van der Waals surface area contributed by atoms with Gasteiger partial charge >= 0.3 is 0 Å². The van der Waals surface area contributed by atoms with Crippen LogP contribution in [0.4, 0.5) is 0 Å². The molecule has 0 aliphatic rings. The van der Waals surface area contributed by atoms with Gasteiger partial charge in [0.05, 0.1) is 11.7 Å². The van der Waals surface area contributed by atoms with Crippen molar-refractivity contribution in [2.45, 2.75) is 0 Å². The summed E-state index contributed by atoms with van der Waals surface area (Å²) in [5, 5.41) is 14.1. The molecule has 28 heavy (non-hydrogen) atoms. The van der Waals surface area contributed by atoms with Gasteiger partial charge in [0.15, 0.2) is 0 Å².